The van der Waals surface area contributed by atoms with Gasteiger partial charge in [0.1, 0.15) is 13.2 Å². The molecule has 2 aliphatic heterocycles. The monoisotopic (exact) mass is 348 g/mol. The van der Waals surface area contributed by atoms with E-state index in [1.54, 1.807) is 0 Å². The number of ketones is 1. The number of nitrogens with zero attached hydrogens (tertiary/aromatic N) is 2. The van der Waals surface area contributed by atoms with Crippen LogP contribution >= 0.6 is 0 Å². The summed E-state index contributed by atoms with van der Waals surface area (Å²) in [5, 5.41) is 0. The summed E-state index contributed by atoms with van der Waals surface area (Å²) in [4.78, 5) is 21.4. The van der Waals surface area contributed by atoms with Crippen molar-refractivity contribution >= 4 is 17.6 Å². The van der Waals surface area contributed by atoms with Crippen LogP contribution < -0.4 is 0 Å². The van der Waals surface area contributed by atoms with E-state index >= 15 is 0 Å². The van der Waals surface area contributed by atoms with Crippen molar-refractivity contribution in [2.75, 3.05) is 13.2 Å². The number of ether oxygens (including phenoxy) is 2. The number of carbonyl (C=O) groups is 1. The van der Waals surface area contributed by atoms with Crippen LogP contribution in [0.15, 0.2) is 70.6 Å². The van der Waals surface area contributed by atoms with E-state index in [2.05, 4.69) is 9.98 Å². The molecule has 0 N–H and O–H groups in total. The topological polar surface area (TPSA) is 60.2 Å². The molecule has 0 amide bonds. The van der Waals surface area contributed by atoms with Crippen molar-refractivity contribution in [3.63, 3.8) is 0 Å². The number of hydrogen-bond acceptors (Lipinski definition) is 5. The van der Waals surface area contributed by atoms with E-state index in [0.717, 1.165) is 12.8 Å². The highest BCUT2D eigenvalue weighted by Crippen LogP contribution is 2.16. The molecule has 0 aromatic heterocycles. The third-order valence-electron chi connectivity index (χ3n) is 4.44. The minimum Gasteiger partial charge on any atom is -0.473 e. The predicted molar refractivity (Wildman–Crippen MR) is 99.6 cm³/mol. The zero-order valence-corrected chi connectivity index (χ0v) is 14.4. The van der Waals surface area contributed by atoms with Gasteiger partial charge in [-0.2, -0.15) is 0 Å². The summed E-state index contributed by atoms with van der Waals surface area (Å²) in [5.74, 6) is -0.119. The van der Waals surface area contributed by atoms with Gasteiger partial charge >= 0.3 is 5.78 Å². The lowest BCUT2D eigenvalue weighted by Gasteiger charge is -2.04. The van der Waals surface area contributed by atoms with Crippen molar-refractivity contribution < 1.29 is 14.3 Å². The van der Waals surface area contributed by atoms with Crippen molar-refractivity contribution in [1.29, 1.82) is 0 Å². The Morgan fingerprint density at radius 2 is 1.19 bits per heavy atom. The third-order valence-corrected chi connectivity index (χ3v) is 4.44. The van der Waals surface area contributed by atoms with Gasteiger partial charge in [-0.05, 0) is 24.0 Å². The Balaban J connectivity index is 1.38. The molecule has 26 heavy (non-hydrogen) atoms. The number of benzene rings is 2. The summed E-state index contributed by atoms with van der Waals surface area (Å²) in [7, 11) is 0. The molecule has 0 fully saturated rings. The molecule has 5 heteroatoms. The predicted octanol–water partition coefficient (Wildman–Crippen LogP) is 2.64. The van der Waals surface area contributed by atoms with Gasteiger partial charge in [-0.15, -0.1) is 0 Å². The third kappa shape index (κ3) is 3.82. The number of hydrogen-bond donors (Lipinski definition) is 0. The maximum absolute atomic E-state index is 12.5. The number of carbonyl (C=O) groups excluding carboxylic acids is 1. The average molecular weight is 348 g/mol. The van der Waals surface area contributed by atoms with Gasteiger partial charge in [0, 0.05) is 0 Å². The molecule has 0 radical (unpaired) electrons. The Bertz CT molecular complexity index is 761. The normalized spacial score (nSPS) is 21.5. The molecule has 0 saturated carbocycles. The highest BCUT2D eigenvalue weighted by molar-refractivity contribution is 6.63. The van der Waals surface area contributed by atoms with Crippen LogP contribution in [-0.4, -0.2) is 42.9 Å². The fourth-order valence-electron chi connectivity index (χ4n) is 3.15. The summed E-state index contributed by atoms with van der Waals surface area (Å²) < 4.78 is 11.0. The van der Waals surface area contributed by atoms with Crippen molar-refractivity contribution in [2.24, 2.45) is 9.98 Å². The second kappa shape index (κ2) is 7.52. The Labute approximate surface area is 152 Å². The van der Waals surface area contributed by atoms with E-state index in [1.165, 1.54) is 11.1 Å². The zero-order valence-electron chi connectivity index (χ0n) is 14.4. The van der Waals surface area contributed by atoms with Crippen LogP contribution in [-0.2, 0) is 27.1 Å². The van der Waals surface area contributed by atoms with Gasteiger partial charge in [0.2, 0.25) is 0 Å². The molecule has 0 saturated heterocycles. The van der Waals surface area contributed by atoms with Crippen LogP contribution in [0.1, 0.15) is 11.1 Å². The van der Waals surface area contributed by atoms with Gasteiger partial charge < -0.3 is 9.47 Å². The smallest absolute Gasteiger partial charge is 0.301 e. The Morgan fingerprint density at radius 3 is 1.62 bits per heavy atom. The van der Waals surface area contributed by atoms with Gasteiger partial charge in [-0.25, -0.2) is 9.98 Å². The van der Waals surface area contributed by atoms with Crippen molar-refractivity contribution in [3.8, 4) is 0 Å². The molecular weight excluding hydrogens is 328 g/mol. The molecule has 0 bridgehead atoms. The first-order valence-electron chi connectivity index (χ1n) is 8.81. The van der Waals surface area contributed by atoms with Crippen LogP contribution in [0, 0.1) is 0 Å². The van der Waals surface area contributed by atoms with E-state index in [1.807, 2.05) is 60.7 Å². The Kier molecular flexibility index (Phi) is 4.78. The van der Waals surface area contributed by atoms with Gasteiger partial charge in [0.15, 0.2) is 0 Å². The molecule has 132 valence electrons. The molecule has 2 aliphatic rings. The lowest BCUT2D eigenvalue weighted by Crippen LogP contribution is -2.24. The van der Waals surface area contributed by atoms with Crippen LogP contribution in [0.25, 0.3) is 0 Å². The Morgan fingerprint density at radius 1 is 0.769 bits per heavy atom. The minimum absolute atomic E-state index is 0.0431. The van der Waals surface area contributed by atoms with Crippen molar-refractivity contribution in [3.05, 3.63) is 71.8 Å². The fraction of sp³-hybridized carbons (Fsp3) is 0.286. The fourth-order valence-corrected chi connectivity index (χ4v) is 3.15. The van der Waals surface area contributed by atoms with Gasteiger partial charge in [0.25, 0.3) is 11.8 Å². The molecule has 4 rings (SSSR count). The summed E-state index contributed by atoms with van der Waals surface area (Å²) in [6, 6.07) is 20.1. The first-order valence-corrected chi connectivity index (χ1v) is 8.81. The molecule has 2 unspecified atom stereocenters. The number of Topliss-reactive ketones (excluding diaryl/α,β-unsaturated/α-hetero) is 1. The van der Waals surface area contributed by atoms with Gasteiger partial charge in [-0.3, -0.25) is 4.79 Å². The van der Waals surface area contributed by atoms with E-state index in [4.69, 9.17) is 9.47 Å². The maximum Gasteiger partial charge on any atom is 0.301 e. The number of rotatable bonds is 6. The molecule has 0 aliphatic carbocycles. The minimum atomic E-state index is -0.351. The van der Waals surface area contributed by atoms with E-state index in [9.17, 15) is 4.79 Å². The molecule has 0 spiro atoms. The second-order valence-corrected chi connectivity index (χ2v) is 6.51. The van der Waals surface area contributed by atoms with Crippen LogP contribution in [0.4, 0.5) is 0 Å². The van der Waals surface area contributed by atoms with E-state index < -0.39 is 0 Å². The maximum atomic E-state index is 12.5. The molecule has 2 aromatic carbocycles. The zero-order chi connectivity index (χ0) is 17.8. The Hall–Kier alpha value is -2.95. The average Bonchev–Trinajstić information content (AvgIpc) is 3.33. The molecule has 5 nitrogen and oxygen atoms in total. The summed E-state index contributed by atoms with van der Waals surface area (Å²) in [6.07, 6.45) is 1.50. The summed E-state index contributed by atoms with van der Waals surface area (Å²) in [5.41, 5.74) is 2.35. The molecular formula is C21H20N2O3. The standard InChI is InChI=1S/C21H20N2O3/c24-19(20-22-17(13-25-20)11-15-7-3-1-4-8-15)21-23-18(14-26-21)12-16-9-5-2-6-10-16/h1-10,17-18H,11-14H2. The second-order valence-electron chi connectivity index (χ2n) is 6.51. The van der Waals surface area contributed by atoms with Crippen LogP contribution in [0.5, 0.6) is 0 Å². The summed E-state index contributed by atoms with van der Waals surface area (Å²) >= 11 is 0. The van der Waals surface area contributed by atoms with Crippen molar-refractivity contribution in [2.45, 2.75) is 24.9 Å². The highest BCUT2D eigenvalue weighted by Gasteiger charge is 2.32. The van der Waals surface area contributed by atoms with Gasteiger partial charge in [0.05, 0.1) is 12.1 Å². The first kappa shape index (κ1) is 16.5. The van der Waals surface area contributed by atoms with E-state index in [0.29, 0.717) is 13.2 Å². The SMILES string of the molecule is O=C(C1=NC(Cc2ccccc2)CO1)C1=NC(Cc2ccccc2)CO1. The van der Waals surface area contributed by atoms with E-state index in [-0.39, 0.29) is 29.7 Å². The number of aliphatic imine (C=N–C) groups is 2. The highest BCUT2D eigenvalue weighted by atomic mass is 16.5. The summed E-state index contributed by atoms with van der Waals surface area (Å²) in [6.45, 7) is 0.827. The first-order chi connectivity index (χ1) is 12.8. The van der Waals surface area contributed by atoms with Gasteiger partial charge in [-0.1, -0.05) is 60.7 Å². The van der Waals surface area contributed by atoms with Crippen molar-refractivity contribution in [1.82, 2.24) is 0 Å². The van der Waals surface area contributed by atoms with Crippen LogP contribution in [0.2, 0.25) is 0 Å². The lowest BCUT2D eigenvalue weighted by molar-refractivity contribution is -0.109. The molecule has 2 heterocycles. The van der Waals surface area contributed by atoms with Crippen LogP contribution in [0.3, 0.4) is 0 Å². The quantitative estimate of drug-likeness (QED) is 0.806. The molecule has 2 atom stereocenters. The largest absolute Gasteiger partial charge is 0.473 e. The lowest BCUT2D eigenvalue weighted by atomic mass is 10.1. The molecule has 2 aromatic rings.